The standard InChI is InChI=1S/C14H22N4O2/c1-10-4-3-5-12(6-10)17(2)13-7-11(16-15)8-14(9-13)18(19)20/h7-10,12,16H,3-6,15H2,1-2H3. The number of nitrogens with one attached hydrogen (secondary N) is 1. The Hall–Kier alpha value is -1.82. The van der Waals surface area contributed by atoms with Crippen LogP contribution in [0.1, 0.15) is 32.6 Å². The minimum absolute atomic E-state index is 0.0613. The molecule has 1 fully saturated rings. The molecule has 1 aliphatic carbocycles. The molecule has 0 heterocycles. The molecule has 2 unspecified atom stereocenters. The monoisotopic (exact) mass is 278 g/mol. The van der Waals surface area contributed by atoms with Crippen molar-refractivity contribution in [2.75, 3.05) is 17.4 Å². The van der Waals surface area contributed by atoms with Crippen LogP contribution >= 0.6 is 0 Å². The normalized spacial score (nSPS) is 22.4. The molecule has 0 amide bonds. The number of anilines is 2. The molecule has 1 saturated carbocycles. The van der Waals surface area contributed by atoms with Gasteiger partial charge in [0.15, 0.2) is 0 Å². The third-order valence-corrected chi connectivity index (χ3v) is 4.14. The molecule has 0 spiro atoms. The number of benzene rings is 1. The molecule has 0 bridgehead atoms. The number of non-ortho nitro benzene ring substituents is 1. The average Bonchev–Trinajstić information content (AvgIpc) is 2.45. The quantitative estimate of drug-likeness (QED) is 0.502. The van der Waals surface area contributed by atoms with E-state index in [1.807, 2.05) is 13.1 Å². The summed E-state index contributed by atoms with van der Waals surface area (Å²) in [5.74, 6) is 6.11. The van der Waals surface area contributed by atoms with Crippen LogP contribution in [0.5, 0.6) is 0 Å². The Bertz CT molecular complexity index is 492. The van der Waals surface area contributed by atoms with Crippen molar-refractivity contribution in [3.8, 4) is 0 Å². The zero-order chi connectivity index (χ0) is 14.7. The molecule has 20 heavy (non-hydrogen) atoms. The lowest BCUT2D eigenvalue weighted by Gasteiger charge is -2.35. The molecule has 110 valence electrons. The number of nitro groups is 1. The van der Waals surface area contributed by atoms with Crippen LogP contribution < -0.4 is 16.2 Å². The molecular weight excluding hydrogens is 256 g/mol. The molecule has 0 aromatic heterocycles. The van der Waals surface area contributed by atoms with Crippen LogP contribution in [0.2, 0.25) is 0 Å². The summed E-state index contributed by atoms with van der Waals surface area (Å²) >= 11 is 0. The summed E-state index contributed by atoms with van der Waals surface area (Å²) in [7, 11) is 2.00. The van der Waals surface area contributed by atoms with Gasteiger partial charge in [-0.15, -0.1) is 0 Å². The van der Waals surface area contributed by atoms with Crippen molar-refractivity contribution in [3.63, 3.8) is 0 Å². The first-order valence-corrected chi connectivity index (χ1v) is 7.00. The van der Waals surface area contributed by atoms with Crippen molar-refractivity contribution >= 4 is 17.1 Å². The summed E-state index contributed by atoms with van der Waals surface area (Å²) in [6, 6.07) is 5.35. The van der Waals surface area contributed by atoms with Crippen molar-refractivity contribution in [2.24, 2.45) is 11.8 Å². The first kappa shape index (κ1) is 14.6. The SMILES string of the molecule is CC1CCCC(N(C)c2cc(NN)cc([N+](=O)[O-])c2)C1. The second-order valence-corrected chi connectivity index (χ2v) is 5.68. The Balaban J connectivity index is 2.26. The lowest BCUT2D eigenvalue weighted by molar-refractivity contribution is -0.384. The zero-order valence-corrected chi connectivity index (χ0v) is 12.0. The van der Waals surface area contributed by atoms with Crippen LogP contribution in [0, 0.1) is 16.0 Å². The van der Waals surface area contributed by atoms with Crippen molar-refractivity contribution < 1.29 is 4.92 Å². The van der Waals surface area contributed by atoms with E-state index in [0.717, 1.165) is 18.5 Å². The Morgan fingerprint density at radius 3 is 2.75 bits per heavy atom. The van der Waals surface area contributed by atoms with Gasteiger partial charge in [-0.25, -0.2) is 0 Å². The summed E-state index contributed by atoms with van der Waals surface area (Å²) in [5, 5.41) is 11.0. The maximum Gasteiger partial charge on any atom is 0.273 e. The molecule has 2 rings (SSSR count). The highest BCUT2D eigenvalue weighted by Gasteiger charge is 2.24. The van der Waals surface area contributed by atoms with E-state index < -0.39 is 0 Å². The van der Waals surface area contributed by atoms with Crippen LogP contribution in [0.15, 0.2) is 18.2 Å². The van der Waals surface area contributed by atoms with Crippen molar-refractivity contribution in [1.82, 2.24) is 0 Å². The molecule has 2 atom stereocenters. The van der Waals surface area contributed by atoms with E-state index in [0.29, 0.717) is 17.6 Å². The zero-order valence-electron chi connectivity index (χ0n) is 12.0. The van der Waals surface area contributed by atoms with Crippen molar-refractivity contribution in [1.29, 1.82) is 0 Å². The molecule has 1 aromatic carbocycles. The summed E-state index contributed by atoms with van der Waals surface area (Å²) in [6.07, 6.45) is 4.75. The Morgan fingerprint density at radius 1 is 1.40 bits per heavy atom. The number of hydrogen-bond donors (Lipinski definition) is 2. The number of nitro benzene ring substituents is 1. The van der Waals surface area contributed by atoms with Crippen LogP contribution in [0.4, 0.5) is 17.1 Å². The van der Waals surface area contributed by atoms with Crippen LogP contribution in [0.3, 0.4) is 0 Å². The van der Waals surface area contributed by atoms with Gasteiger partial charge in [-0.3, -0.25) is 16.0 Å². The second-order valence-electron chi connectivity index (χ2n) is 5.68. The van der Waals surface area contributed by atoms with Gasteiger partial charge in [0.05, 0.1) is 10.6 Å². The first-order chi connectivity index (χ1) is 9.51. The molecule has 3 N–H and O–H groups in total. The van der Waals surface area contributed by atoms with Gasteiger partial charge in [-0.1, -0.05) is 19.8 Å². The van der Waals surface area contributed by atoms with Gasteiger partial charge in [-0.2, -0.15) is 0 Å². The fourth-order valence-electron chi connectivity index (χ4n) is 2.95. The van der Waals surface area contributed by atoms with E-state index in [9.17, 15) is 10.1 Å². The minimum atomic E-state index is -0.387. The topological polar surface area (TPSA) is 84.4 Å². The van der Waals surface area contributed by atoms with Gasteiger partial charge < -0.3 is 10.3 Å². The summed E-state index contributed by atoms with van der Waals surface area (Å²) in [6.45, 7) is 2.26. The van der Waals surface area contributed by atoms with E-state index in [1.165, 1.54) is 18.9 Å². The highest BCUT2D eigenvalue weighted by molar-refractivity contribution is 5.64. The third kappa shape index (κ3) is 3.19. The van der Waals surface area contributed by atoms with E-state index in [2.05, 4.69) is 17.2 Å². The molecular formula is C14H22N4O2. The van der Waals surface area contributed by atoms with E-state index >= 15 is 0 Å². The maximum atomic E-state index is 11.0. The van der Waals surface area contributed by atoms with E-state index in [4.69, 9.17) is 5.84 Å². The molecule has 6 heteroatoms. The Morgan fingerprint density at radius 2 is 2.15 bits per heavy atom. The number of nitrogens with two attached hydrogens (primary N) is 1. The van der Waals surface area contributed by atoms with Crippen LogP contribution in [-0.2, 0) is 0 Å². The molecule has 0 radical (unpaired) electrons. The molecule has 0 aliphatic heterocycles. The fourth-order valence-corrected chi connectivity index (χ4v) is 2.95. The summed E-state index contributed by atoms with van der Waals surface area (Å²) in [5.41, 5.74) is 3.96. The Labute approximate surface area is 119 Å². The van der Waals surface area contributed by atoms with Crippen LogP contribution in [-0.4, -0.2) is 18.0 Å². The second kappa shape index (κ2) is 6.09. The van der Waals surface area contributed by atoms with Crippen molar-refractivity contribution in [2.45, 2.75) is 38.6 Å². The predicted octanol–water partition coefficient (Wildman–Crippen LogP) is 2.90. The molecule has 1 aliphatic rings. The number of nitrogens with zero attached hydrogens (tertiary/aromatic N) is 2. The predicted molar refractivity (Wildman–Crippen MR) is 80.7 cm³/mol. The smallest absolute Gasteiger partial charge is 0.273 e. The fraction of sp³-hybridized carbons (Fsp3) is 0.571. The molecule has 6 nitrogen and oxygen atoms in total. The number of rotatable bonds is 4. The number of nitrogen functional groups attached to an aromatic ring is 1. The van der Waals surface area contributed by atoms with E-state index in [1.54, 1.807) is 6.07 Å². The van der Waals surface area contributed by atoms with E-state index in [-0.39, 0.29) is 10.6 Å². The number of hydrogen-bond acceptors (Lipinski definition) is 5. The largest absolute Gasteiger partial charge is 0.371 e. The van der Waals surface area contributed by atoms with Gasteiger partial charge in [0.25, 0.3) is 5.69 Å². The Kier molecular flexibility index (Phi) is 4.44. The minimum Gasteiger partial charge on any atom is -0.371 e. The van der Waals surface area contributed by atoms with Crippen LogP contribution in [0.25, 0.3) is 0 Å². The summed E-state index contributed by atoms with van der Waals surface area (Å²) in [4.78, 5) is 12.7. The lowest BCUT2D eigenvalue weighted by Crippen LogP contribution is -2.35. The van der Waals surface area contributed by atoms with Gasteiger partial charge >= 0.3 is 0 Å². The lowest BCUT2D eigenvalue weighted by atomic mass is 9.86. The van der Waals surface area contributed by atoms with Crippen molar-refractivity contribution in [3.05, 3.63) is 28.3 Å². The first-order valence-electron chi connectivity index (χ1n) is 7.00. The highest BCUT2D eigenvalue weighted by Crippen LogP contribution is 2.32. The van der Waals surface area contributed by atoms with Gasteiger partial charge in [0, 0.05) is 30.9 Å². The molecule has 0 saturated heterocycles. The summed E-state index contributed by atoms with van der Waals surface area (Å²) < 4.78 is 0. The average molecular weight is 278 g/mol. The van der Waals surface area contributed by atoms with Gasteiger partial charge in [0.1, 0.15) is 0 Å². The maximum absolute atomic E-state index is 11.0. The number of hydrazine groups is 1. The highest BCUT2D eigenvalue weighted by atomic mass is 16.6. The molecule has 1 aromatic rings. The van der Waals surface area contributed by atoms with Gasteiger partial charge in [0.2, 0.25) is 0 Å². The third-order valence-electron chi connectivity index (χ3n) is 4.14. The van der Waals surface area contributed by atoms with Gasteiger partial charge in [-0.05, 0) is 24.8 Å².